The third-order valence-electron chi connectivity index (χ3n) is 3.13. The van der Waals surface area contributed by atoms with Gasteiger partial charge in [0.15, 0.2) is 11.5 Å². The maximum absolute atomic E-state index is 13.1. The maximum Gasteiger partial charge on any atom is 0.418 e. The van der Waals surface area contributed by atoms with Crippen molar-refractivity contribution in [3.05, 3.63) is 36.0 Å². The number of imidazole rings is 1. The van der Waals surface area contributed by atoms with E-state index < -0.39 is 11.7 Å². The molecule has 0 atom stereocenters. The maximum atomic E-state index is 13.1. The zero-order valence-electron chi connectivity index (χ0n) is 11.6. The van der Waals surface area contributed by atoms with Crippen molar-refractivity contribution in [2.45, 2.75) is 6.18 Å². The van der Waals surface area contributed by atoms with E-state index in [9.17, 15) is 13.2 Å². The first-order valence-corrected chi connectivity index (χ1v) is 6.39. The molecule has 0 radical (unpaired) electrons. The zero-order chi connectivity index (χ0) is 16.8. The van der Waals surface area contributed by atoms with Gasteiger partial charge in [-0.25, -0.2) is 4.98 Å². The van der Waals surface area contributed by atoms with Gasteiger partial charge in [0.25, 0.3) is 0 Å². The molecule has 0 saturated heterocycles. The average molecular weight is 323 g/mol. The van der Waals surface area contributed by atoms with E-state index in [2.05, 4.69) is 15.4 Å². The molecule has 7 N–H and O–H groups in total. The Bertz CT molecular complexity index is 885. The first kappa shape index (κ1) is 14.8. The molecular weight excluding hydrogens is 311 g/mol. The number of rotatable bonds is 2. The number of benzene rings is 1. The minimum Gasteiger partial charge on any atom is -0.399 e. The molecule has 0 aliphatic carbocycles. The van der Waals surface area contributed by atoms with Gasteiger partial charge in [-0.05, 0) is 18.2 Å². The fourth-order valence-corrected chi connectivity index (χ4v) is 2.12. The third kappa shape index (κ3) is 2.65. The smallest absolute Gasteiger partial charge is 0.399 e. The number of nitrogen functional groups attached to an aromatic ring is 3. The molecule has 3 rings (SSSR count). The van der Waals surface area contributed by atoms with E-state index in [1.165, 1.54) is 28.9 Å². The molecule has 120 valence electrons. The summed E-state index contributed by atoms with van der Waals surface area (Å²) in [6.45, 7) is 0. The summed E-state index contributed by atoms with van der Waals surface area (Å²) in [4.78, 5) is 3.96. The summed E-state index contributed by atoms with van der Waals surface area (Å²) in [6, 6.07) is 4.60. The monoisotopic (exact) mass is 323 g/mol. The van der Waals surface area contributed by atoms with E-state index in [1.54, 1.807) is 0 Å². The Kier molecular flexibility index (Phi) is 3.17. The summed E-state index contributed by atoms with van der Waals surface area (Å²) in [5.74, 6) is 0.287. The Hall–Kier alpha value is -3.17. The highest BCUT2D eigenvalue weighted by Crippen LogP contribution is 2.37. The van der Waals surface area contributed by atoms with Crippen LogP contribution < -0.4 is 22.5 Å². The predicted molar refractivity (Wildman–Crippen MR) is 81.0 cm³/mol. The predicted octanol–water partition coefficient (Wildman–Crippen LogP) is 2.24. The quantitative estimate of drug-likeness (QED) is 0.537. The Morgan fingerprint density at radius 1 is 1.09 bits per heavy atom. The van der Waals surface area contributed by atoms with Gasteiger partial charge in [-0.1, -0.05) is 0 Å². The van der Waals surface area contributed by atoms with Crippen molar-refractivity contribution in [1.29, 1.82) is 0 Å². The second kappa shape index (κ2) is 4.93. The Morgan fingerprint density at radius 2 is 1.83 bits per heavy atom. The lowest BCUT2D eigenvalue weighted by Crippen LogP contribution is -2.11. The molecule has 23 heavy (non-hydrogen) atoms. The molecule has 0 saturated carbocycles. The minimum atomic E-state index is -4.54. The average Bonchev–Trinajstić information content (AvgIpc) is 2.80. The number of anilines is 5. The second-order valence-electron chi connectivity index (χ2n) is 4.83. The molecule has 3 aromatic rings. The highest BCUT2D eigenvalue weighted by atomic mass is 19.4. The SMILES string of the molecule is Nc1ccc(C(F)(F)F)c(Nc2cc(N)c3ncc(N)n3n2)c1. The minimum absolute atomic E-state index is 0.0794. The van der Waals surface area contributed by atoms with E-state index in [0.717, 1.165) is 6.07 Å². The van der Waals surface area contributed by atoms with Gasteiger partial charge in [0.1, 0.15) is 5.82 Å². The van der Waals surface area contributed by atoms with Gasteiger partial charge in [-0.3, -0.25) is 0 Å². The van der Waals surface area contributed by atoms with Gasteiger partial charge < -0.3 is 22.5 Å². The number of nitrogens with zero attached hydrogens (tertiary/aromatic N) is 3. The molecular formula is C13H12F3N7. The molecule has 0 fully saturated rings. The molecule has 7 nitrogen and oxygen atoms in total. The normalized spacial score (nSPS) is 11.8. The fraction of sp³-hybridized carbons (Fsp3) is 0.0769. The van der Waals surface area contributed by atoms with Crippen LogP contribution in [0.5, 0.6) is 0 Å². The number of nitrogens with one attached hydrogen (secondary N) is 1. The van der Waals surface area contributed by atoms with Gasteiger partial charge in [-0.15, -0.1) is 5.10 Å². The van der Waals surface area contributed by atoms with Gasteiger partial charge in [0.05, 0.1) is 23.1 Å². The zero-order valence-corrected chi connectivity index (χ0v) is 11.6. The van der Waals surface area contributed by atoms with Crippen molar-refractivity contribution >= 4 is 34.3 Å². The Balaban J connectivity index is 2.09. The third-order valence-corrected chi connectivity index (χ3v) is 3.13. The van der Waals surface area contributed by atoms with Crippen LogP contribution in [0.3, 0.4) is 0 Å². The van der Waals surface area contributed by atoms with E-state index in [1.807, 2.05) is 0 Å². The van der Waals surface area contributed by atoms with E-state index >= 15 is 0 Å². The van der Waals surface area contributed by atoms with Crippen LogP contribution in [0.2, 0.25) is 0 Å². The number of alkyl halides is 3. The van der Waals surface area contributed by atoms with Crippen LogP contribution in [0.4, 0.5) is 41.9 Å². The Morgan fingerprint density at radius 3 is 2.52 bits per heavy atom. The molecule has 2 heterocycles. The van der Waals surface area contributed by atoms with Crippen LogP contribution >= 0.6 is 0 Å². The number of halogens is 3. The summed E-state index contributed by atoms with van der Waals surface area (Å²) >= 11 is 0. The van der Waals surface area contributed by atoms with Crippen molar-refractivity contribution in [2.75, 3.05) is 22.5 Å². The van der Waals surface area contributed by atoms with Crippen LogP contribution in [0.15, 0.2) is 30.5 Å². The lowest BCUT2D eigenvalue weighted by Gasteiger charge is -2.15. The Labute approximate surface area is 127 Å². The fourth-order valence-electron chi connectivity index (χ4n) is 2.12. The first-order chi connectivity index (χ1) is 10.8. The van der Waals surface area contributed by atoms with Crippen molar-refractivity contribution in [2.24, 2.45) is 0 Å². The summed E-state index contributed by atoms with van der Waals surface area (Å²) in [5.41, 5.74) is 16.7. The summed E-state index contributed by atoms with van der Waals surface area (Å²) in [5, 5.41) is 6.65. The number of hydrogen-bond acceptors (Lipinski definition) is 6. The van der Waals surface area contributed by atoms with Gasteiger partial charge in [0, 0.05) is 11.8 Å². The largest absolute Gasteiger partial charge is 0.418 e. The van der Waals surface area contributed by atoms with Gasteiger partial charge in [-0.2, -0.15) is 17.7 Å². The number of nitrogens with two attached hydrogens (primary N) is 3. The lowest BCUT2D eigenvalue weighted by molar-refractivity contribution is -0.136. The molecule has 2 aromatic heterocycles. The van der Waals surface area contributed by atoms with Crippen molar-refractivity contribution in [3.8, 4) is 0 Å². The van der Waals surface area contributed by atoms with E-state index in [4.69, 9.17) is 17.2 Å². The molecule has 0 unspecified atom stereocenters. The number of fused-ring (bicyclic) bond motifs is 1. The summed E-state index contributed by atoms with van der Waals surface area (Å²) in [6.07, 6.45) is -3.19. The van der Waals surface area contributed by atoms with Crippen LogP contribution in [0, 0.1) is 0 Å². The first-order valence-electron chi connectivity index (χ1n) is 6.39. The van der Waals surface area contributed by atoms with Crippen LogP contribution in [-0.2, 0) is 6.18 Å². The molecule has 0 aliphatic rings. The highest BCUT2D eigenvalue weighted by molar-refractivity contribution is 5.73. The van der Waals surface area contributed by atoms with Crippen molar-refractivity contribution < 1.29 is 13.2 Å². The standard InChI is InChI=1S/C13H12F3N7/c14-13(15,16)7-2-1-6(17)3-9(7)21-11-4-8(18)12-20-5-10(19)23(12)22-11/h1-5H,17-19H2,(H,21,22). The van der Waals surface area contributed by atoms with Crippen LogP contribution in [0.25, 0.3) is 5.65 Å². The van der Waals surface area contributed by atoms with Gasteiger partial charge in [0.2, 0.25) is 0 Å². The van der Waals surface area contributed by atoms with Crippen molar-refractivity contribution in [3.63, 3.8) is 0 Å². The summed E-state index contributed by atoms with van der Waals surface area (Å²) in [7, 11) is 0. The van der Waals surface area contributed by atoms with Crippen LogP contribution in [0.1, 0.15) is 5.56 Å². The molecule has 0 bridgehead atoms. The molecule has 0 amide bonds. The topological polar surface area (TPSA) is 120 Å². The van der Waals surface area contributed by atoms with E-state index in [-0.39, 0.29) is 28.7 Å². The highest BCUT2D eigenvalue weighted by Gasteiger charge is 2.33. The molecule has 10 heteroatoms. The van der Waals surface area contributed by atoms with Gasteiger partial charge >= 0.3 is 6.18 Å². The summed E-state index contributed by atoms with van der Waals surface area (Å²) < 4.78 is 40.4. The van der Waals surface area contributed by atoms with Crippen LogP contribution in [-0.4, -0.2) is 14.6 Å². The molecule has 0 spiro atoms. The van der Waals surface area contributed by atoms with Crippen molar-refractivity contribution in [1.82, 2.24) is 14.6 Å². The molecule has 1 aromatic carbocycles. The molecule has 0 aliphatic heterocycles. The number of aromatic nitrogens is 3. The second-order valence-corrected chi connectivity index (χ2v) is 4.83. The number of hydrogen-bond donors (Lipinski definition) is 4. The lowest BCUT2D eigenvalue weighted by atomic mass is 10.1. The van der Waals surface area contributed by atoms with E-state index in [0.29, 0.717) is 5.65 Å².